The van der Waals surface area contributed by atoms with Crippen LogP contribution in [0.4, 0.5) is 5.69 Å². The average Bonchev–Trinajstić information content (AvgIpc) is 3.26. The van der Waals surface area contributed by atoms with Crippen molar-refractivity contribution >= 4 is 22.6 Å². The first kappa shape index (κ1) is 14.4. The van der Waals surface area contributed by atoms with Crippen LogP contribution in [-0.2, 0) is 0 Å². The smallest absolute Gasteiger partial charge is 0.203 e. The zero-order valence-electron chi connectivity index (χ0n) is 12.5. The number of aliphatic imine (C=N–C) groups is 1. The molecule has 0 bridgehead atoms. The number of ether oxygens (including phenoxy) is 3. The Hall–Kier alpha value is -1.56. The minimum atomic E-state index is 0.599. The lowest BCUT2D eigenvalue weighted by Gasteiger charge is -2.15. The van der Waals surface area contributed by atoms with Gasteiger partial charge < -0.3 is 19.5 Å². The van der Waals surface area contributed by atoms with Gasteiger partial charge in [-0.25, -0.2) is 0 Å². The number of amidine groups is 1. The molecule has 2 aliphatic rings. The summed E-state index contributed by atoms with van der Waals surface area (Å²) in [5, 5.41) is 4.97. The molecule has 1 N–H and O–H groups in total. The molecule has 5 nitrogen and oxygen atoms in total. The number of thioether (sulfide) groups is 1. The van der Waals surface area contributed by atoms with Gasteiger partial charge in [0, 0.05) is 23.1 Å². The molecule has 1 unspecified atom stereocenters. The normalized spacial score (nSPS) is 20.9. The Morgan fingerprint density at radius 3 is 2.29 bits per heavy atom. The Kier molecular flexibility index (Phi) is 4.14. The van der Waals surface area contributed by atoms with E-state index in [0.29, 0.717) is 22.5 Å². The molecule has 1 aliphatic carbocycles. The van der Waals surface area contributed by atoms with Crippen LogP contribution in [0.3, 0.4) is 0 Å². The third-order valence-electron chi connectivity index (χ3n) is 3.74. The van der Waals surface area contributed by atoms with E-state index >= 15 is 0 Å². The van der Waals surface area contributed by atoms with Crippen LogP contribution in [0, 0.1) is 5.92 Å². The number of hydrogen-bond acceptors (Lipinski definition) is 6. The summed E-state index contributed by atoms with van der Waals surface area (Å²) in [4.78, 5) is 4.58. The number of rotatable bonds is 5. The van der Waals surface area contributed by atoms with Crippen molar-refractivity contribution in [1.29, 1.82) is 0 Å². The number of benzene rings is 1. The molecular weight excluding hydrogens is 288 g/mol. The number of methoxy groups -OCH3 is 3. The molecule has 0 aromatic heterocycles. The first-order valence-corrected chi connectivity index (χ1v) is 7.91. The molecule has 1 saturated carbocycles. The second-order valence-corrected chi connectivity index (χ2v) is 6.41. The fourth-order valence-electron chi connectivity index (χ4n) is 2.45. The molecule has 21 heavy (non-hydrogen) atoms. The van der Waals surface area contributed by atoms with Crippen molar-refractivity contribution in [3.05, 3.63) is 12.1 Å². The molecule has 0 radical (unpaired) electrons. The van der Waals surface area contributed by atoms with E-state index in [1.54, 1.807) is 21.3 Å². The van der Waals surface area contributed by atoms with Crippen LogP contribution in [0.1, 0.15) is 12.8 Å². The average molecular weight is 308 g/mol. The van der Waals surface area contributed by atoms with Crippen molar-refractivity contribution in [3.8, 4) is 17.2 Å². The van der Waals surface area contributed by atoms with Crippen molar-refractivity contribution in [3.63, 3.8) is 0 Å². The van der Waals surface area contributed by atoms with E-state index in [2.05, 4.69) is 10.3 Å². The summed E-state index contributed by atoms with van der Waals surface area (Å²) in [5.41, 5.74) is 0.896. The van der Waals surface area contributed by atoms with Gasteiger partial charge in [0.25, 0.3) is 0 Å². The maximum Gasteiger partial charge on any atom is 0.203 e. The predicted octanol–water partition coefficient (Wildman–Crippen LogP) is 3.01. The van der Waals surface area contributed by atoms with Gasteiger partial charge in [-0.1, -0.05) is 11.8 Å². The quantitative estimate of drug-likeness (QED) is 0.906. The molecular formula is C15H20N2O3S. The molecule has 1 fully saturated rings. The standard InChI is InChI=1S/C15H20N2O3S/c1-18-11-6-10(7-12(19-2)14(11)20-3)17-15-16-8-13(21-15)9-4-5-9/h6-7,9,13H,4-5,8H2,1-3H3,(H,16,17). The van der Waals surface area contributed by atoms with E-state index in [-0.39, 0.29) is 0 Å². The maximum atomic E-state index is 5.36. The lowest BCUT2D eigenvalue weighted by atomic mass is 10.2. The molecule has 1 aromatic rings. The lowest BCUT2D eigenvalue weighted by molar-refractivity contribution is 0.324. The summed E-state index contributed by atoms with van der Waals surface area (Å²) in [6.45, 7) is 0.919. The van der Waals surface area contributed by atoms with E-state index in [1.807, 2.05) is 23.9 Å². The highest BCUT2D eigenvalue weighted by molar-refractivity contribution is 8.15. The molecule has 1 heterocycles. The van der Waals surface area contributed by atoms with E-state index in [9.17, 15) is 0 Å². The second-order valence-electron chi connectivity index (χ2n) is 5.18. The molecule has 1 aromatic carbocycles. The zero-order valence-corrected chi connectivity index (χ0v) is 13.3. The number of nitrogens with zero attached hydrogens (tertiary/aromatic N) is 1. The van der Waals surface area contributed by atoms with Gasteiger partial charge in [-0.2, -0.15) is 0 Å². The van der Waals surface area contributed by atoms with E-state index < -0.39 is 0 Å². The van der Waals surface area contributed by atoms with Crippen LogP contribution in [0.2, 0.25) is 0 Å². The number of anilines is 1. The van der Waals surface area contributed by atoms with Crippen molar-refractivity contribution in [2.24, 2.45) is 10.9 Å². The van der Waals surface area contributed by atoms with Crippen LogP contribution in [0.15, 0.2) is 17.1 Å². The topological polar surface area (TPSA) is 52.1 Å². The first-order valence-electron chi connectivity index (χ1n) is 7.03. The third-order valence-corrected chi connectivity index (χ3v) is 5.03. The van der Waals surface area contributed by atoms with Crippen LogP contribution in [0.25, 0.3) is 0 Å². The van der Waals surface area contributed by atoms with Crippen LogP contribution in [-0.4, -0.2) is 38.3 Å². The Labute approximate surface area is 129 Å². The van der Waals surface area contributed by atoms with Crippen LogP contribution >= 0.6 is 11.8 Å². The van der Waals surface area contributed by atoms with E-state index in [1.165, 1.54) is 12.8 Å². The Bertz CT molecular complexity index is 533. The summed E-state index contributed by atoms with van der Waals surface area (Å²) >= 11 is 1.84. The molecule has 6 heteroatoms. The Balaban J connectivity index is 1.76. The molecule has 0 saturated heterocycles. The summed E-state index contributed by atoms with van der Waals surface area (Å²) < 4.78 is 16.0. The molecule has 0 spiro atoms. The molecule has 114 valence electrons. The SMILES string of the molecule is COc1cc(NC2=NCC(C3CC3)S2)cc(OC)c1OC. The van der Waals surface area contributed by atoms with Gasteiger partial charge in [0.05, 0.1) is 27.9 Å². The predicted molar refractivity (Wildman–Crippen MR) is 86.1 cm³/mol. The van der Waals surface area contributed by atoms with Gasteiger partial charge in [0.15, 0.2) is 16.7 Å². The van der Waals surface area contributed by atoms with Crippen LogP contribution in [0.5, 0.6) is 17.2 Å². The van der Waals surface area contributed by atoms with E-state index in [4.69, 9.17) is 14.2 Å². The lowest BCUT2D eigenvalue weighted by Crippen LogP contribution is -2.09. The maximum absolute atomic E-state index is 5.36. The summed E-state index contributed by atoms with van der Waals surface area (Å²) in [5.74, 6) is 2.74. The van der Waals surface area contributed by atoms with Crippen molar-refractivity contribution in [2.75, 3.05) is 33.2 Å². The fraction of sp³-hybridized carbons (Fsp3) is 0.533. The van der Waals surface area contributed by atoms with Gasteiger partial charge >= 0.3 is 0 Å². The van der Waals surface area contributed by atoms with Crippen LogP contribution < -0.4 is 19.5 Å². The first-order chi connectivity index (χ1) is 10.2. The highest BCUT2D eigenvalue weighted by Crippen LogP contribution is 2.43. The molecule has 0 amide bonds. The van der Waals surface area contributed by atoms with Gasteiger partial charge in [0.2, 0.25) is 5.75 Å². The minimum absolute atomic E-state index is 0.599. The fourth-order valence-corrected chi connectivity index (χ4v) is 3.68. The molecule has 3 rings (SSSR count). The van der Waals surface area contributed by atoms with Crippen molar-refractivity contribution < 1.29 is 14.2 Å². The molecule has 1 aliphatic heterocycles. The van der Waals surface area contributed by atoms with Gasteiger partial charge in [-0.15, -0.1) is 0 Å². The highest BCUT2D eigenvalue weighted by atomic mass is 32.2. The third kappa shape index (κ3) is 3.05. The van der Waals surface area contributed by atoms with Crippen molar-refractivity contribution in [2.45, 2.75) is 18.1 Å². The highest BCUT2D eigenvalue weighted by Gasteiger charge is 2.35. The summed E-state index contributed by atoms with van der Waals surface area (Å²) in [6.07, 6.45) is 2.70. The Morgan fingerprint density at radius 2 is 1.76 bits per heavy atom. The van der Waals surface area contributed by atoms with Gasteiger partial charge in [-0.3, -0.25) is 4.99 Å². The second kappa shape index (κ2) is 6.05. The summed E-state index contributed by atoms with van der Waals surface area (Å²) in [7, 11) is 4.84. The minimum Gasteiger partial charge on any atom is -0.493 e. The number of hydrogen-bond donors (Lipinski definition) is 1. The largest absolute Gasteiger partial charge is 0.493 e. The Morgan fingerprint density at radius 1 is 1.10 bits per heavy atom. The van der Waals surface area contributed by atoms with Gasteiger partial charge in [-0.05, 0) is 18.8 Å². The number of nitrogens with one attached hydrogen (secondary N) is 1. The summed E-state index contributed by atoms with van der Waals surface area (Å²) in [6, 6.07) is 3.80. The monoisotopic (exact) mass is 308 g/mol. The zero-order chi connectivity index (χ0) is 14.8. The van der Waals surface area contributed by atoms with E-state index in [0.717, 1.165) is 23.3 Å². The molecule has 1 atom stereocenters. The van der Waals surface area contributed by atoms with Gasteiger partial charge in [0.1, 0.15) is 0 Å². The van der Waals surface area contributed by atoms with Crippen molar-refractivity contribution in [1.82, 2.24) is 0 Å².